The van der Waals surface area contributed by atoms with Gasteiger partial charge in [0.15, 0.2) is 0 Å². The normalized spacial score (nSPS) is 21.8. The molecule has 1 nitrogen and oxygen atoms in total. The van der Waals surface area contributed by atoms with Gasteiger partial charge >= 0.3 is 0 Å². The van der Waals surface area contributed by atoms with Crippen LogP contribution in [0.2, 0.25) is 0 Å². The number of hydrogen-bond acceptors (Lipinski definition) is 1. The standard InChI is InChI=1S/C23H34O/c1-3-5-7-9-20-10-14-22(15-11-20)23-16-12-21(13-17-23)19-24-18-8-6-4-2/h4-7,12-13,16-17,20,22H,3,8-11,14-15,18-19H2,1-2H3/t20-,22-. The second-order valence-electron chi connectivity index (χ2n) is 6.98. The van der Waals surface area contributed by atoms with Gasteiger partial charge in [-0.2, -0.15) is 0 Å². The molecule has 0 radical (unpaired) electrons. The molecule has 0 heterocycles. The number of allylic oxidation sites excluding steroid dienone is 3. The van der Waals surface area contributed by atoms with Crippen LogP contribution in [0.15, 0.2) is 48.6 Å². The summed E-state index contributed by atoms with van der Waals surface area (Å²) in [6.45, 7) is 5.80. The van der Waals surface area contributed by atoms with Gasteiger partial charge in [0, 0.05) is 0 Å². The Morgan fingerprint density at radius 1 is 1.00 bits per heavy atom. The maximum Gasteiger partial charge on any atom is 0.0717 e. The topological polar surface area (TPSA) is 9.23 Å². The van der Waals surface area contributed by atoms with E-state index in [0.717, 1.165) is 31.5 Å². The second-order valence-corrected chi connectivity index (χ2v) is 6.98. The molecule has 1 fully saturated rings. The summed E-state index contributed by atoms with van der Waals surface area (Å²) in [4.78, 5) is 0. The third-order valence-corrected chi connectivity index (χ3v) is 5.10. The Bertz CT molecular complexity index is 489. The summed E-state index contributed by atoms with van der Waals surface area (Å²) in [7, 11) is 0. The van der Waals surface area contributed by atoms with Gasteiger partial charge in [-0.1, -0.05) is 55.5 Å². The summed E-state index contributed by atoms with van der Waals surface area (Å²) in [6, 6.07) is 9.15. The van der Waals surface area contributed by atoms with Crippen molar-refractivity contribution in [3.63, 3.8) is 0 Å². The van der Waals surface area contributed by atoms with Crippen molar-refractivity contribution < 1.29 is 4.74 Å². The maximum atomic E-state index is 5.71. The highest BCUT2D eigenvalue weighted by Gasteiger charge is 2.21. The summed E-state index contributed by atoms with van der Waals surface area (Å²) >= 11 is 0. The molecule has 0 amide bonds. The Balaban J connectivity index is 1.72. The highest BCUT2D eigenvalue weighted by molar-refractivity contribution is 5.25. The van der Waals surface area contributed by atoms with Crippen molar-refractivity contribution in [1.82, 2.24) is 0 Å². The van der Waals surface area contributed by atoms with Crippen LogP contribution in [-0.2, 0) is 11.3 Å². The number of benzene rings is 1. The number of rotatable bonds is 9. The van der Waals surface area contributed by atoms with Crippen molar-refractivity contribution in [2.75, 3.05) is 6.61 Å². The van der Waals surface area contributed by atoms with Gasteiger partial charge in [-0.15, -0.1) is 0 Å². The molecule has 0 bridgehead atoms. The van der Waals surface area contributed by atoms with E-state index >= 15 is 0 Å². The minimum atomic E-state index is 0.730. The smallest absolute Gasteiger partial charge is 0.0717 e. The lowest BCUT2D eigenvalue weighted by Crippen LogP contribution is -2.12. The Kier molecular flexibility index (Phi) is 8.91. The lowest BCUT2D eigenvalue weighted by molar-refractivity contribution is 0.125. The quantitative estimate of drug-likeness (QED) is 0.358. The summed E-state index contributed by atoms with van der Waals surface area (Å²) < 4.78 is 5.71. The van der Waals surface area contributed by atoms with Crippen molar-refractivity contribution in [2.45, 2.75) is 71.3 Å². The van der Waals surface area contributed by atoms with Crippen molar-refractivity contribution in [2.24, 2.45) is 5.92 Å². The minimum Gasteiger partial charge on any atom is -0.376 e. The van der Waals surface area contributed by atoms with Crippen molar-refractivity contribution in [1.29, 1.82) is 0 Å². The van der Waals surface area contributed by atoms with Crippen LogP contribution < -0.4 is 0 Å². The third-order valence-electron chi connectivity index (χ3n) is 5.10. The van der Waals surface area contributed by atoms with Gasteiger partial charge in [0.1, 0.15) is 0 Å². The molecule has 1 aromatic rings. The minimum absolute atomic E-state index is 0.730. The predicted molar refractivity (Wildman–Crippen MR) is 104 cm³/mol. The molecule has 0 atom stereocenters. The number of hydrogen-bond donors (Lipinski definition) is 0. The Morgan fingerprint density at radius 3 is 2.42 bits per heavy atom. The lowest BCUT2D eigenvalue weighted by atomic mass is 9.77. The molecule has 0 aliphatic heterocycles. The SMILES string of the molecule is CC=CCCOCc1ccc([C@H]2CC[C@H](CC=CCC)CC2)cc1. The van der Waals surface area contributed by atoms with E-state index in [1.54, 1.807) is 0 Å². The summed E-state index contributed by atoms with van der Waals surface area (Å²) in [5.41, 5.74) is 2.81. The molecule has 0 unspecified atom stereocenters. The maximum absolute atomic E-state index is 5.71. The average molecular weight is 327 g/mol. The van der Waals surface area contributed by atoms with Crippen LogP contribution in [0.1, 0.15) is 75.8 Å². The largest absolute Gasteiger partial charge is 0.376 e. The first kappa shape index (κ1) is 19.0. The zero-order valence-corrected chi connectivity index (χ0v) is 15.5. The molecule has 1 heteroatoms. The molecule has 2 rings (SSSR count). The first-order valence-electron chi connectivity index (χ1n) is 9.76. The summed E-state index contributed by atoms with van der Waals surface area (Å²) in [6.07, 6.45) is 17.8. The van der Waals surface area contributed by atoms with Gasteiger partial charge in [-0.3, -0.25) is 0 Å². The fourth-order valence-electron chi connectivity index (χ4n) is 3.58. The van der Waals surface area contributed by atoms with E-state index < -0.39 is 0 Å². The Labute approximate surface area is 148 Å². The average Bonchev–Trinajstić information content (AvgIpc) is 2.63. The van der Waals surface area contributed by atoms with Gasteiger partial charge in [0.2, 0.25) is 0 Å². The van der Waals surface area contributed by atoms with Crippen LogP contribution in [0, 0.1) is 5.92 Å². The van der Waals surface area contributed by atoms with Gasteiger partial charge in [0.25, 0.3) is 0 Å². The van der Waals surface area contributed by atoms with E-state index in [1.165, 1.54) is 49.7 Å². The molecule has 132 valence electrons. The van der Waals surface area contributed by atoms with Gasteiger partial charge < -0.3 is 4.74 Å². The molecule has 0 N–H and O–H groups in total. The molecule has 0 saturated heterocycles. The number of ether oxygens (including phenoxy) is 1. The first-order chi connectivity index (χ1) is 11.8. The predicted octanol–water partition coefficient (Wildman–Crippen LogP) is 6.80. The summed E-state index contributed by atoms with van der Waals surface area (Å²) in [5, 5.41) is 0. The van der Waals surface area contributed by atoms with Crippen molar-refractivity contribution >= 4 is 0 Å². The third kappa shape index (κ3) is 6.65. The zero-order chi connectivity index (χ0) is 17.0. The molecule has 0 aromatic heterocycles. The van der Waals surface area contributed by atoms with Crippen LogP contribution in [0.5, 0.6) is 0 Å². The van der Waals surface area contributed by atoms with E-state index in [2.05, 4.69) is 55.5 Å². The van der Waals surface area contributed by atoms with E-state index in [1.807, 2.05) is 6.92 Å². The Hall–Kier alpha value is -1.34. The van der Waals surface area contributed by atoms with Gasteiger partial charge in [-0.25, -0.2) is 0 Å². The zero-order valence-electron chi connectivity index (χ0n) is 15.5. The molecular formula is C23H34O. The lowest BCUT2D eigenvalue weighted by Gasteiger charge is -2.28. The fourth-order valence-corrected chi connectivity index (χ4v) is 3.58. The van der Waals surface area contributed by atoms with E-state index in [9.17, 15) is 0 Å². The van der Waals surface area contributed by atoms with Crippen molar-refractivity contribution in [3.8, 4) is 0 Å². The fraction of sp³-hybridized carbons (Fsp3) is 0.565. The van der Waals surface area contributed by atoms with E-state index in [0.29, 0.717) is 0 Å². The molecule has 1 aromatic carbocycles. The molecule has 1 aliphatic rings. The van der Waals surface area contributed by atoms with Crippen LogP contribution in [0.4, 0.5) is 0 Å². The highest BCUT2D eigenvalue weighted by atomic mass is 16.5. The molecule has 0 spiro atoms. The summed E-state index contributed by atoms with van der Waals surface area (Å²) in [5.74, 6) is 1.68. The van der Waals surface area contributed by atoms with Crippen LogP contribution >= 0.6 is 0 Å². The Morgan fingerprint density at radius 2 is 1.75 bits per heavy atom. The molecule has 1 saturated carbocycles. The van der Waals surface area contributed by atoms with Gasteiger partial charge in [0.05, 0.1) is 13.2 Å². The van der Waals surface area contributed by atoms with Gasteiger partial charge in [-0.05, 0) is 74.8 Å². The second kappa shape index (κ2) is 11.3. The van der Waals surface area contributed by atoms with Crippen LogP contribution in [0.25, 0.3) is 0 Å². The van der Waals surface area contributed by atoms with E-state index in [-0.39, 0.29) is 0 Å². The van der Waals surface area contributed by atoms with Crippen LogP contribution in [-0.4, -0.2) is 6.61 Å². The molecule has 24 heavy (non-hydrogen) atoms. The molecular weight excluding hydrogens is 292 g/mol. The van der Waals surface area contributed by atoms with E-state index in [4.69, 9.17) is 4.74 Å². The monoisotopic (exact) mass is 326 g/mol. The van der Waals surface area contributed by atoms with Crippen molar-refractivity contribution in [3.05, 3.63) is 59.7 Å². The van der Waals surface area contributed by atoms with Crippen LogP contribution in [0.3, 0.4) is 0 Å². The first-order valence-corrected chi connectivity index (χ1v) is 9.76. The highest BCUT2D eigenvalue weighted by Crippen LogP contribution is 2.37. The molecule has 1 aliphatic carbocycles.